The Morgan fingerprint density at radius 1 is 1.28 bits per heavy atom. The van der Waals surface area contributed by atoms with Crippen LogP contribution in [0.2, 0.25) is 0 Å². The molecule has 0 spiro atoms. The van der Waals surface area contributed by atoms with Crippen molar-refractivity contribution in [3.05, 3.63) is 0 Å². The van der Waals surface area contributed by atoms with E-state index in [4.69, 9.17) is 5.11 Å². The zero-order valence-electron chi connectivity index (χ0n) is 11.1. The zero-order valence-corrected chi connectivity index (χ0v) is 11.1. The third-order valence-electron chi connectivity index (χ3n) is 4.39. The van der Waals surface area contributed by atoms with E-state index in [-0.39, 0.29) is 41.5 Å². The molecule has 1 saturated carbocycles. The number of rotatable bonds is 4. The molecule has 1 heterocycles. The number of likely N-dealkylation sites (tertiary alicyclic amines) is 1. The van der Waals surface area contributed by atoms with Gasteiger partial charge in [-0.25, -0.2) is 0 Å². The topological polar surface area (TPSA) is 74.7 Å². The summed E-state index contributed by atoms with van der Waals surface area (Å²) in [6.45, 7) is 7.40. The van der Waals surface area contributed by atoms with Crippen molar-refractivity contribution < 1.29 is 19.5 Å². The molecular formula is C13H19NO4. The SMILES string of the molecule is CC(C)C(CN1C(=O)C2C(C1=O)C2(C)C)C(=O)O. The molecule has 0 aromatic carbocycles. The Hall–Kier alpha value is -1.39. The zero-order chi connectivity index (χ0) is 13.8. The number of carboxylic acids is 1. The van der Waals surface area contributed by atoms with E-state index in [2.05, 4.69) is 0 Å². The molecule has 3 atom stereocenters. The van der Waals surface area contributed by atoms with Crippen LogP contribution in [0.3, 0.4) is 0 Å². The van der Waals surface area contributed by atoms with Crippen LogP contribution >= 0.6 is 0 Å². The number of piperidine rings is 1. The normalized spacial score (nSPS) is 30.6. The average Bonchev–Trinajstić information content (AvgIpc) is 2.68. The lowest BCUT2D eigenvalue weighted by Crippen LogP contribution is -2.42. The molecule has 0 aromatic heterocycles. The van der Waals surface area contributed by atoms with Gasteiger partial charge in [0.1, 0.15) is 0 Å². The van der Waals surface area contributed by atoms with Crippen molar-refractivity contribution in [2.75, 3.05) is 6.54 Å². The summed E-state index contributed by atoms with van der Waals surface area (Å²) >= 11 is 0. The van der Waals surface area contributed by atoms with Crippen molar-refractivity contribution in [1.82, 2.24) is 4.90 Å². The second kappa shape index (κ2) is 3.80. The largest absolute Gasteiger partial charge is 0.481 e. The fourth-order valence-electron chi connectivity index (χ4n) is 2.95. The number of fused-ring (bicyclic) bond motifs is 1. The summed E-state index contributed by atoms with van der Waals surface area (Å²) in [7, 11) is 0. The van der Waals surface area contributed by atoms with Crippen LogP contribution in [0.4, 0.5) is 0 Å². The van der Waals surface area contributed by atoms with E-state index in [1.165, 1.54) is 0 Å². The number of carbonyl (C=O) groups excluding carboxylic acids is 2. The van der Waals surface area contributed by atoms with Gasteiger partial charge in [0.2, 0.25) is 11.8 Å². The van der Waals surface area contributed by atoms with Crippen LogP contribution in [0.15, 0.2) is 0 Å². The molecule has 1 aliphatic heterocycles. The predicted octanol–water partition coefficient (Wildman–Crippen LogP) is 0.984. The minimum absolute atomic E-state index is 0.00769. The fourth-order valence-corrected chi connectivity index (χ4v) is 2.95. The van der Waals surface area contributed by atoms with Crippen LogP contribution in [0.1, 0.15) is 27.7 Å². The third-order valence-corrected chi connectivity index (χ3v) is 4.39. The molecular weight excluding hydrogens is 234 g/mol. The highest BCUT2D eigenvalue weighted by atomic mass is 16.4. The first-order valence-corrected chi connectivity index (χ1v) is 6.27. The van der Waals surface area contributed by atoms with E-state index in [9.17, 15) is 14.4 Å². The molecule has 0 aromatic rings. The lowest BCUT2D eigenvalue weighted by atomic mass is 9.95. The maximum atomic E-state index is 12.1. The van der Waals surface area contributed by atoms with Gasteiger partial charge < -0.3 is 5.11 Å². The maximum Gasteiger partial charge on any atom is 0.308 e. The molecule has 2 fully saturated rings. The van der Waals surface area contributed by atoms with Crippen LogP contribution in [-0.2, 0) is 14.4 Å². The molecule has 0 bridgehead atoms. The summed E-state index contributed by atoms with van der Waals surface area (Å²) < 4.78 is 0. The second-order valence-electron chi connectivity index (χ2n) is 6.25. The summed E-state index contributed by atoms with van der Waals surface area (Å²) in [5, 5.41) is 9.11. The number of aliphatic carboxylic acids is 1. The molecule has 18 heavy (non-hydrogen) atoms. The van der Waals surface area contributed by atoms with Gasteiger partial charge in [0.05, 0.1) is 17.8 Å². The third kappa shape index (κ3) is 1.64. The van der Waals surface area contributed by atoms with Crippen LogP contribution in [0, 0.1) is 29.1 Å². The number of imide groups is 1. The van der Waals surface area contributed by atoms with Gasteiger partial charge in [-0.2, -0.15) is 0 Å². The lowest BCUT2D eigenvalue weighted by Gasteiger charge is -2.25. The molecule has 5 nitrogen and oxygen atoms in total. The van der Waals surface area contributed by atoms with Gasteiger partial charge in [-0.3, -0.25) is 19.3 Å². The van der Waals surface area contributed by atoms with E-state index in [0.717, 1.165) is 4.90 Å². The van der Waals surface area contributed by atoms with Gasteiger partial charge in [-0.05, 0) is 11.3 Å². The Kier molecular flexibility index (Phi) is 2.76. The molecule has 2 rings (SSSR count). The Morgan fingerprint density at radius 2 is 1.72 bits per heavy atom. The number of carboxylic acid groups (broad SMARTS) is 1. The average molecular weight is 253 g/mol. The van der Waals surface area contributed by atoms with E-state index >= 15 is 0 Å². The summed E-state index contributed by atoms with van der Waals surface area (Å²) in [6, 6.07) is 0. The Bertz CT molecular complexity index is 403. The summed E-state index contributed by atoms with van der Waals surface area (Å²) in [5.41, 5.74) is -0.235. The Labute approximate surface area is 106 Å². The van der Waals surface area contributed by atoms with Crippen LogP contribution in [-0.4, -0.2) is 34.3 Å². The van der Waals surface area contributed by atoms with Crippen LogP contribution < -0.4 is 0 Å². The standard InChI is InChI=1S/C13H19NO4/c1-6(2)7(12(17)18)5-14-10(15)8-9(11(14)16)13(8,3)4/h6-9H,5H2,1-4H3,(H,17,18). The molecule has 2 amide bonds. The Morgan fingerprint density at radius 3 is 2.06 bits per heavy atom. The van der Waals surface area contributed by atoms with Gasteiger partial charge in [-0.15, -0.1) is 0 Å². The van der Waals surface area contributed by atoms with Gasteiger partial charge >= 0.3 is 5.97 Å². The summed E-state index contributed by atoms with van der Waals surface area (Å²) in [6.07, 6.45) is 0. The highest BCUT2D eigenvalue weighted by molar-refractivity contribution is 6.10. The number of hydrogen-bond donors (Lipinski definition) is 1. The highest BCUT2D eigenvalue weighted by Crippen LogP contribution is 2.63. The lowest BCUT2D eigenvalue weighted by molar-refractivity contribution is -0.148. The van der Waals surface area contributed by atoms with Gasteiger partial charge in [-0.1, -0.05) is 27.7 Å². The van der Waals surface area contributed by atoms with E-state index in [1.54, 1.807) is 13.8 Å². The first-order chi connectivity index (χ1) is 8.19. The fraction of sp³-hybridized carbons (Fsp3) is 0.769. The Balaban J connectivity index is 2.11. The molecule has 3 unspecified atom stereocenters. The van der Waals surface area contributed by atoms with Gasteiger partial charge in [0, 0.05) is 6.54 Å². The summed E-state index contributed by atoms with van der Waals surface area (Å²) in [4.78, 5) is 36.4. The highest BCUT2D eigenvalue weighted by Gasteiger charge is 2.72. The summed E-state index contributed by atoms with van der Waals surface area (Å²) in [5.74, 6) is -2.58. The number of carbonyl (C=O) groups is 3. The van der Waals surface area contributed by atoms with Crippen molar-refractivity contribution in [1.29, 1.82) is 0 Å². The number of amides is 2. The molecule has 5 heteroatoms. The smallest absolute Gasteiger partial charge is 0.308 e. The monoisotopic (exact) mass is 253 g/mol. The minimum atomic E-state index is -0.953. The second-order valence-corrected chi connectivity index (χ2v) is 6.25. The number of hydrogen-bond acceptors (Lipinski definition) is 3. The van der Waals surface area contributed by atoms with Crippen LogP contribution in [0.5, 0.6) is 0 Å². The molecule has 2 aliphatic rings. The molecule has 1 aliphatic carbocycles. The van der Waals surface area contributed by atoms with Crippen LogP contribution in [0.25, 0.3) is 0 Å². The first kappa shape index (κ1) is 13.1. The van der Waals surface area contributed by atoms with Gasteiger partial charge in [0.15, 0.2) is 0 Å². The molecule has 1 N–H and O–H groups in total. The van der Waals surface area contributed by atoms with Crippen molar-refractivity contribution >= 4 is 17.8 Å². The van der Waals surface area contributed by atoms with Crippen molar-refractivity contribution in [3.8, 4) is 0 Å². The molecule has 1 saturated heterocycles. The van der Waals surface area contributed by atoms with E-state index < -0.39 is 11.9 Å². The van der Waals surface area contributed by atoms with E-state index in [1.807, 2.05) is 13.8 Å². The maximum absolute atomic E-state index is 12.1. The first-order valence-electron chi connectivity index (χ1n) is 6.27. The van der Waals surface area contributed by atoms with Crippen molar-refractivity contribution in [2.24, 2.45) is 29.1 Å². The van der Waals surface area contributed by atoms with Crippen molar-refractivity contribution in [2.45, 2.75) is 27.7 Å². The van der Waals surface area contributed by atoms with Crippen molar-refractivity contribution in [3.63, 3.8) is 0 Å². The quantitative estimate of drug-likeness (QED) is 0.758. The minimum Gasteiger partial charge on any atom is -0.481 e. The van der Waals surface area contributed by atoms with Gasteiger partial charge in [0.25, 0.3) is 0 Å². The number of nitrogens with zero attached hydrogens (tertiary/aromatic N) is 1. The van der Waals surface area contributed by atoms with E-state index in [0.29, 0.717) is 0 Å². The molecule has 0 radical (unpaired) electrons. The predicted molar refractivity (Wildman–Crippen MR) is 63.4 cm³/mol. The molecule has 100 valence electrons.